The van der Waals surface area contributed by atoms with Crippen LogP contribution in [0.5, 0.6) is 0 Å². The maximum absolute atomic E-state index is 10.8. The molecule has 0 spiro atoms. The Hall–Kier alpha value is -1.39. The minimum Gasteiger partial charge on any atom is -0.288 e. The zero-order valence-electron chi connectivity index (χ0n) is 9.76. The molecular weight excluding hydrogens is 268 g/mol. The number of hydrogen-bond acceptors (Lipinski definition) is 4. The number of rotatable bonds is 3. The largest absolute Gasteiger partial charge is 0.288 e. The summed E-state index contributed by atoms with van der Waals surface area (Å²) in [7, 11) is 0. The average molecular weight is 279 g/mol. The lowest BCUT2D eigenvalue weighted by atomic mass is 10.1. The van der Waals surface area contributed by atoms with Crippen molar-refractivity contribution >= 4 is 45.5 Å². The van der Waals surface area contributed by atoms with Gasteiger partial charge in [-0.2, -0.15) is 0 Å². The first-order chi connectivity index (χ1) is 8.66. The van der Waals surface area contributed by atoms with Gasteiger partial charge in [0.1, 0.15) is 11.5 Å². The van der Waals surface area contributed by atoms with Crippen LogP contribution in [0.3, 0.4) is 0 Å². The van der Waals surface area contributed by atoms with E-state index in [-0.39, 0.29) is 5.12 Å². The van der Waals surface area contributed by atoms with E-state index < -0.39 is 0 Å². The Balaban J connectivity index is 2.19. The van der Waals surface area contributed by atoms with E-state index in [1.54, 1.807) is 6.92 Å². The zero-order chi connectivity index (χ0) is 13.0. The molecule has 0 amide bonds. The van der Waals surface area contributed by atoms with Crippen molar-refractivity contribution in [3.8, 4) is 0 Å². The first-order valence-corrected chi connectivity index (χ1v) is 6.73. The minimum atomic E-state index is 0.120. The number of benzene rings is 1. The molecule has 0 saturated carbocycles. The monoisotopic (exact) mass is 278 g/mol. The minimum absolute atomic E-state index is 0.120. The third kappa shape index (κ3) is 3.31. The maximum atomic E-state index is 10.8. The summed E-state index contributed by atoms with van der Waals surface area (Å²) in [5, 5.41) is 1.41. The van der Waals surface area contributed by atoms with E-state index in [2.05, 4.69) is 9.97 Å². The molecule has 0 fully saturated rings. The van der Waals surface area contributed by atoms with E-state index >= 15 is 0 Å². The molecule has 2 aromatic rings. The Morgan fingerprint density at radius 3 is 3.06 bits per heavy atom. The van der Waals surface area contributed by atoms with Gasteiger partial charge < -0.3 is 0 Å². The highest BCUT2D eigenvalue weighted by atomic mass is 35.5. The molecule has 2 rings (SSSR count). The van der Waals surface area contributed by atoms with Crippen LogP contribution in [0.1, 0.15) is 12.5 Å². The third-order valence-corrected chi connectivity index (χ3v) is 3.37. The van der Waals surface area contributed by atoms with E-state index in [1.807, 2.05) is 30.4 Å². The fourth-order valence-corrected chi connectivity index (χ4v) is 2.12. The van der Waals surface area contributed by atoms with Crippen molar-refractivity contribution in [1.82, 2.24) is 9.97 Å². The molecule has 0 saturated heterocycles. The summed E-state index contributed by atoms with van der Waals surface area (Å²) in [6.45, 7) is 1.56. The van der Waals surface area contributed by atoms with Crippen LogP contribution in [-0.4, -0.2) is 20.8 Å². The number of carbonyl (C=O) groups excluding carboxylic acids is 1. The lowest BCUT2D eigenvalue weighted by Gasteiger charge is -2.00. The average Bonchev–Trinajstić information content (AvgIpc) is 2.35. The van der Waals surface area contributed by atoms with Gasteiger partial charge in [0.2, 0.25) is 0 Å². The van der Waals surface area contributed by atoms with Crippen LogP contribution in [0.25, 0.3) is 17.0 Å². The van der Waals surface area contributed by atoms with Gasteiger partial charge in [0, 0.05) is 18.1 Å². The highest BCUT2D eigenvalue weighted by Crippen LogP contribution is 2.21. The molecule has 0 atom stereocenters. The molecule has 18 heavy (non-hydrogen) atoms. The number of thioether (sulfide) groups is 1. The Bertz CT molecular complexity index is 613. The molecule has 5 heteroatoms. The fraction of sp³-hybridized carbons (Fsp3) is 0.154. The molecule has 1 aromatic carbocycles. The molecule has 0 bridgehead atoms. The predicted octanol–water partition coefficient (Wildman–Crippen LogP) is 3.58. The molecule has 0 N–H and O–H groups in total. The molecule has 0 aliphatic heterocycles. The number of carbonyl (C=O) groups is 1. The molecule has 0 radical (unpaired) electrons. The standard InChI is InChI=1S/C13H11ClN2OS/c1-9(17)18-6-2-3-10-4-5-12-11(7-10)13(14)16-8-15-12/h2-5,7-8H,6H2,1H3. The second kappa shape index (κ2) is 5.98. The van der Waals surface area contributed by atoms with E-state index in [0.29, 0.717) is 10.9 Å². The molecule has 0 aliphatic rings. The van der Waals surface area contributed by atoms with Gasteiger partial charge in [0.05, 0.1) is 5.52 Å². The highest BCUT2D eigenvalue weighted by Gasteiger charge is 2.00. The quantitative estimate of drug-likeness (QED) is 0.805. The Morgan fingerprint density at radius 2 is 2.28 bits per heavy atom. The molecule has 0 aliphatic carbocycles. The second-order valence-electron chi connectivity index (χ2n) is 3.65. The molecule has 3 nitrogen and oxygen atoms in total. The van der Waals surface area contributed by atoms with Crippen LogP contribution >= 0.6 is 23.4 Å². The summed E-state index contributed by atoms with van der Waals surface area (Å²) in [5.41, 5.74) is 1.84. The van der Waals surface area contributed by atoms with Crippen molar-refractivity contribution in [2.24, 2.45) is 0 Å². The summed E-state index contributed by atoms with van der Waals surface area (Å²) in [4.78, 5) is 18.9. The SMILES string of the molecule is CC(=O)SCC=Cc1ccc2ncnc(Cl)c2c1. The number of hydrogen-bond donors (Lipinski definition) is 0. The van der Waals surface area contributed by atoms with E-state index in [0.717, 1.165) is 16.5 Å². The van der Waals surface area contributed by atoms with Crippen molar-refractivity contribution in [2.45, 2.75) is 6.92 Å². The Kier molecular flexibility index (Phi) is 4.33. The number of halogens is 1. The molecule has 92 valence electrons. The van der Waals surface area contributed by atoms with Crippen molar-refractivity contribution in [1.29, 1.82) is 0 Å². The summed E-state index contributed by atoms with van der Waals surface area (Å²) in [5.74, 6) is 0.673. The maximum Gasteiger partial charge on any atom is 0.186 e. The van der Waals surface area contributed by atoms with Crippen LogP contribution in [0, 0.1) is 0 Å². The molecule has 1 aromatic heterocycles. The summed E-state index contributed by atoms with van der Waals surface area (Å²) in [6, 6.07) is 5.80. The summed E-state index contributed by atoms with van der Waals surface area (Å²) < 4.78 is 0. The topological polar surface area (TPSA) is 42.9 Å². The number of fused-ring (bicyclic) bond motifs is 1. The Labute approximate surface area is 114 Å². The van der Waals surface area contributed by atoms with Crippen molar-refractivity contribution in [3.05, 3.63) is 41.3 Å². The first kappa shape index (κ1) is 13.1. The number of aromatic nitrogens is 2. The van der Waals surface area contributed by atoms with Gasteiger partial charge in [-0.3, -0.25) is 4.79 Å². The van der Waals surface area contributed by atoms with Crippen LogP contribution < -0.4 is 0 Å². The van der Waals surface area contributed by atoms with Gasteiger partial charge >= 0.3 is 0 Å². The molecule has 1 heterocycles. The van der Waals surface area contributed by atoms with Gasteiger partial charge in [0.15, 0.2) is 5.12 Å². The van der Waals surface area contributed by atoms with Crippen molar-refractivity contribution in [3.63, 3.8) is 0 Å². The smallest absolute Gasteiger partial charge is 0.186 e. The van der Waals surface area contributed by atoms with Gasteiger partial charge in [-0.15, -0.1) is 0 Å². The Morgan fingerprint density at radius 1 is 1.44 bits per heavy atom. The van der Waals surface area contributed by atoms with Crippen molar-refractivity contribution in [2.75, 3.05) is 5.75 Å². The molecular formula is C13H11ClN2OS. The van der Waals surface area contributed by atoms with E-state index in [1.165, 1.54) is 18.1 Å². The lowest BCUT2D eigenvalue weighted by molar-refractivity contribution is -0.109. The molecule has 0 unspecified atom stereocenters. The van der Waals surface area contributed by atoms with Gasteiger partial charge in [0.25, 0.3) is 0 Å². The summed E-state index contributed by atoms with van der Waals surface area (Å²) in [6.07, 6.45) is 5.35. The van der Waals surface area contributed by atoms with Crippen molar-refractivity contribution < 1.29 is 4.79 Å². The third-order valence-electron chi connectivity index (χ3n) is 2.30. The number of nitrogens with zero attached hydrogens (tertiary/aromatic N) is 2. The zero-order valence-corrected chi connectivity index (χ0v) is 11.3. The van der Waals surface area contributed by atoms with Crippen LogP contribution in [0.2, 0.25) is 5.15 Å². The van der Waals surface area contributed by atoms with Crippen LogP contribution in [0.15, 0.2) is 30.6 Å². The fourth-order valence-electron chi connectivity index (χ4n) is 1.50. The summed E-state index contributed by atoms with van der Waals surface area (Å²) >= 11 is 7.29. The van der Waals surface area contributed by atoms with Crippen LogP contribution in [-0.2, 0) is 4.79 Å². The second-order valence-corrected chi connectivity index (χ2v) is 5.20. The van der Waals surface area contributed by atoms with E-state index in [4.69, 9.17) is 11.6 Å². The first-order valence-electron chi connectivity index (χ1n) is 5.37. The van der Waals surface area contributed by atoms with E-state index in [9.17, 15) is 4.79 Å². The van der Waals surface area contributed by atoms with Crippen LogP contribution in [0.4, 0.5) is 0 Å². The van der Waals surface area contributed by atoms with Gasteiger partial charge in [-0.1, -0.05) is 41.6 Å². The van der Waals surface area contributed by atoms with Gasteiger partial charge in [-0.25, -0.2) is 9.97 Å². The van der Waals surface area contributed by atoms with Gasteiger partial charge in [-0.05, 0) is 17.7 Å². The predicted molar refractivity (Wildman–Crippen MR) is 76.7 cm³/mol. The lowest BCUT2D eigenvalue weighted by Crippen LogP contribution is -1.85. The normalized spacial score (nSPS) is 11.2. The highest BCUT2D eigenvalue weighted by molar-refractivity contribution is 8.13.